The zero-order valence-electron chi connectivity index (χ0n) is 27.9. The van der Waals surface area contributed by atoms with Crippen molar-refractivity contribution >= 4 is 92.4 Å². The van der Waals surface area contributed by atoms with Crippen molar-refractivity contribution in [2.45, 2.75) is 0 Å². The van der Waals surface area contributed by atoms with Crippen LogP contribution in [0.4, 0.5) is 17.1 Å². The summed E-state index contributed by atoms with van der Waals surface area (Å²) in [5.74, 6) is 0. The topological polar surface area (TPSA) is 29.5 Å². The van der Waals surface area contributed by atoms with Gasteiger partial charge in [0.2, 0.25) is 0 Å². The van der Waals surface area contributed by atoms with Crippen molar-refractivity contribution in [2.24, 2.45) is 0 Å². The predicted octanol–water partition coefficient (Wildman–Crippen LogP) is 14.7. The van der Waals surface area contributed by atoms with Gasteiger partial charge in [0.1, 0.15) is 22.3 Å². The highest BCUT2D eigenvalue weighted by Gasteiger charge is 2.25. The molecule has 11 aromatic rings. The van der Waals surface area contributed by atoms with E-state index in [-0.39, 0.29) is 0 Å². The second-order valence-corrected chi connectivity index (χ2v) is 14.2. The van der Waals surface area contributed by atoms with Crippen LogP contribution in [-0.4, -0.2) is 0 Å². The van der Waals surface area contributed by atoms with Crippen LogP contribution in [0.5, 0.6) is 0 Å². The fraction of sp³-hybridized carbons (Fsp3) is 0. The highest BCUT2D eigenvalue weighted by molar-refractivity contribution is 7.27. The van der Waals surface area contributed by atoms with Crippen molar-refractivity contribution in [3.05, 3.63) is 176 Å². The Morgan fingerprint density at radius 3 is 1.81 bits per heavy atom. The van der Waals surface area contributed by atoms with Crippen LogP contribution >= 0.6 is 11.3 Å². The molecule has 244 valence electrons. The quantitative estimate of drug-likeness (QED) is 0.181. The third-order valence-corrected chi connectivity index (χ3v) is 11.6. The van der Waals surface area contributed by atoms with E-state index in [0.29, 0.717) is 0 Å². The van der Waals surface area contributed by atoms with E-state index >= 15 is 0 Å². The summed E-state index contributed by atoms with van der Waals surface area (Å²) in [4.78, 5) is 2.41. The van der Waals surface area contributed by atoms with Crippen LogP contribution in [0.2, 0.25) is 0 Å². The summed E-state index contributed by atoms with van der Waals surface area (Å²) in [6.45, 7) is 0. The Morgan fingerprint density at radius 2 is 0.981 bits per heavy atom. The minimum atomic E-state index is 0.806. The minimum absolute atomic E-state index is 0.806. The summed E-state index contributed by atoms with van der Waals surface area (Å²) in [5, 5.41) is 6.70. The van der Waals surface area contributed by atoms with Gasteiger partial charge in [-0.15, -0.1) is 11.3 Å². The van der Waals surface area contributed by atoms with Crippen LogP contribution < -0.4 is 4.90 Å². The first-order valence-corrected chi connectivity index (χ1v) is 18.3. The summed E-state index contributed by atoms with van der Waals surface area (Å²) in [5.41, 5.74) is 11.4. The Morgan fingerprint density at radius 1 is 0.365 bits per heavy atom. The molecule has 0 aliphatic rings. The lowest BCUT2D eigenvalue weighted by atomic mass is 10.0. The van der Waals surface area contributed by atoms with E-state index in [1.807, 2.05) is 23.5 Å². The van der Waals surface area contributed by atoms with E-state index in [4.69, 9.17) is 8.83 Å². The molecule has 0 unspecified atom stereocenters. The second kappa shape index (κ2) is 11.5. The first-order chi connectivity index (χ1) is 25.8. The molecule has 0 atom stereocenters. The number of rotatable bonds is 5. The number of anilines is 3. The van der Waals surface area contributed by atoms with Gasteiger partial charge in [-0.25, -0.2) is 0 Å². The van der Waals surface area contributed by atoms with Crippen molar-refractivity contribution in [3.63, 3.8) is 0 Å². The third kappa shape index (κ3) is 4.38. The van der Waals surface area contributed by atoms with Crippen molar-refractivity contribution in [3.8, 4) is 22.3 Å². The highest BCUT2D eigenvalue weighted by Crippen LogP contribution is 2.50. The number of furan rings is 2. The molecule has 52 heavy (non-hydrogen) atoms. The van der Waals surface area contributed by atoms with Crippen LogP contribution in [0.3, 0.4) is 0 Å². The molecule has 11 rings (SSSR count). The standard InChI is InChI=1S/C48H29NO2S/c1-3-12-30(13-4-1)31-24-26-33(27-25-31)49(40-21-10-19-38-37-18-9-17-34(47(37)52-48(38)40)32-14-5-2-6-15-32)39-20-11-23-42-44(39)45-43(50-42)29-28-36-35-16-7-8-22-41(35)51-46(36)45/h1-29H. The van der Waals surface area contributed by atoms with Gasteiger partial charge in [-0.2, -0.15) is 0 Å². The lowest BCUT2D eigenvalue weighted by Crippen LogP contribution is -2.10. The van der Waals surface area contributed by atoms with Crippen molar-refractivity contribution in [1.82, 2.24) is 0 Å². The van der Waals surface area contributed by atoms with Crippen LogP contribution in [0.25, 0.3) is 86.3 Å². The lowest BCUT2D eigenvalue weighted by Gasteiger charge is -2.27. The minimum Gasteiger partial charge on any atom is -0.456 e. The Balaban J connectivity index is 1.22. The van der Waals surface area contributed by atoms with Crippen LogP contribution in [0.15, 0.2) is 185 Å². The van der Waals surface area contributed by atoms with Gasteiger partial charge in [-0.1, -0.05) is 127 Å². The first kappa shape index (κ1) is 29.1. The van der Waals surface area contributed by atoms with Gasteiger partial charge < -0.3 is 13.7 Å². The summed E-state index contributed by atoms with van der Waals surface area (Å²) < 4.78 is 15.8. The molecule has 0 N–H and O–H groups in total. The second-order valence-electron chi connectivity index (χ2n) is 13.2. The normalized spacial score (nSPS) is 11.8. The molecule has 3 nitrogen and oxygen atoms in total. The van der Waals surface area contributed by atoms with E-state index < -0.39 is 0 Å². The average Bonchev–Trinajstić information content (AvgIpc) is 3.91. The molecule has 0 saturated heterocycles. The Hall–Kier alpha value is -6.62. The zero-order valence-corrected chi connectivity index (χ0v) is 28.7. The molecule has 0 bridgehead atoms. The molecule has 8 aromatic carbocycles. The molecule has 0 fully saturated rings. The van der Waals surface area contributed by atoms with Gasteiger partial charge in [-0.05, 0) is 70.8 Å². The third-order valence-electron chi connectivity index (χ3n) is 10.3. The maximum atomic E-state index is 6.63. The van der Waals surface area contributed by atoms with Crippen molar-refractivity contribution < 1.29 is 8.83 Å². The zero-order chi connectivity index (χ0) is 34.2. The Bertz CT molecular complexity index is 3120. The van der Waals surface area contributed by atoms with Crippen molar-refractivity contribution in [1.29, 1.82) is 0 Å². The molecule has 0 radical (unpaired) electrons. The number of para-hydroxylation sites is 1. The molecule has 0 aliphatic carbocycles. The van der Waals surface area contributed by atoms with E-state index in [0.717, 1.165) is 60.9 Å². The van der Waals surface area contributed by atoms with E-state index in [9.17, 15) is 0 Å². The monoisotopic (exact) mass is 683 g/mol. The van der Waals surface area contributed by atoms with Gasteiger partial charge >= 0.3 is 0 Å². The first-order valence-electron chi connectivity index (χ1n) is 17.5. The van der Waals surface area contributed by atoms with Gasteiger partial charge in [0.05, 0.1) is 26.8 Å². The highest BCUT2D eigenvalue weighted by atomic mass is 32.1. The van der Waals surface area contributed by atoms with E-state index in [1.165, 1.54) is 42.4 Å². The summed E-state index contributed by atoms with van der Waals surface area (Å²) >= 11 is 1.86. The van der Waals surface area contributed by atoms with Crippen LogP contribution in [0.1, 0.15) is 0 Å². The predicted molar refractivity (Wildman–Crippen MR) is 219 cm³/mol. The average molecular weight is 684 g/mol. The largest absolute Gasteiger partial charge is 0.456 e. The smallest absolute Gasteiger partial charge is 0.147 e. The molecule has 3 aromatic heterocycles. The van der Waals surface area contributed by atoms with Crippen molar-refractivity contribution in [2.75, 3.05) is 4.90 Å². The van der Waals surface area contributed by atoms with Gasteiger partial charge in [0.15, 0.2) is 0 Å². The van der Waals surface area contributed by atoms with Gasteiger partial charge in [0.25, 0.3) is 0 Å². The van der Waals surface area contributed by atoms with Crippen LogP contribution in [-0.2, 0) is 0 Å². The number of benzene rings is 8. The van der Waals surface area contributed by atoms with Gasteiger partial charge in [-0.3, -0.25) is 0 Å². The maximum Gasteiger partial charge on any atom is 0.147 e. The molecular formula is C48H29NO2S. The number of fused-ring (bicyclic) bond motifs is 10. The molecule has 0 spiro atoms. The van der Waals surface area contributed by atoms with Gasteiger partial charge in [0, 0.05) is 31.9 Å². The Labute approximate surface area is 303 Å². The maximum absolute atomic E-state index is 6.63. The SMILES string of the molecule is c1ccc(-c2ccc(N(c3cccc4c3sc3c(-c5ccccc5)cccc34)c3cccc4oc5ccc6c7ccccc7oc6c5c34)cc2)cc1. The number of hydrogen-bond acceptors (Lipinski definition) is 4. The van der Waals surface area contributed by atoms with E-state index in [1.54, 1.807) is 0 Å². The molecule has 0 amide bonds. The summed E-state index contributed by atoms with van der Waals surface area (Å²) in [7, 11) is 0. The molecule has 0 aliphatic heterocycles. The fourth-order valence-corrected chi connectivity index (χ4v) is 9.26. The Kier molecular flexibility index (Phi) is 6.42. The number of nitrogens with zero attached hydrogens (tertiary/aromatic N) is 1. The summed E-state index contributed by atoms with van der Waals surface area (Å²) in [6, 6.07) is 62.4. The molecule has 0 saturated carbocycles. The molecule has 4 heteroatoms. The van der Waals surface area contributed by atoms with Crippen LogP contribution in [0, 0.1) is 0 Å². The molecule has 3 heterocycles. The number of thiophene rings is 1. The summed E-state index contributed by atoms with van der Waals surface area (Å²) in [6.07, 6.45) is 0. The molecular weight excluding hydrogens is 655 g/mol. The number of hydrogen-bond donors (Lipinski definition) is 0. The van der Waals surface area contributed by atoms with E-state index in [2.05, 4.69) is 169 Å². The fourth-order valence-electron chi connectivity index (χ4n) is 7.92. The lowest BCUT2D eigenvalue weighted by molar-refractivity contribution is 0.663.